The highest BCUT2D eigenvalue weighted by molar-refractivity contribution is 5.88. The van der Waals surface area contributed by atoms with Crippen LogP contribution in [-0.2, 0) is 9.59 Å². The molecule has 1 aliphatic carbocycles. The molecule has 3 aromatic heterocycles. The summed E-state index contributed by atoms with van der Waals surface area (Å²) in [6.07, 6.45) is -2.11. The predicted molar refractivity (Wildman–Crippen MR) is 122 cm³/mol. The van der Waals surface area contributed by atoms with Gasteiger partial charge in [-0.15, -0.1) is 5.10 Å². The Bertz CT molecular complexity index is 1340. The fraction of sp³-hybridized carbons (Fsp3) is 0.545. The summed E-state index contributed by atoms with van der Waals surface area (Å²) in [6, 6.07) is 2.86. The van der Waals surface area contributed by atoms with Gasteiger partial charge in [-0.2, -0.15) is 32.6 Å². The lowest BCUT2D eigenvalue weighted by molar-refractivity contribution is -0.199. The van der Waals surface area contributed by atoms with E-state index >= 15 is 0 Å². The van der Waals surface area contributed by atoms with Crippen LogP contribution in [0.5, 0.6) is 0 Å². The van der Waals surface area contributed by atoms with Crippen molar-refractivity contribution in [1.29, 1.82) is 0 Å². The lowest BCUT2D eigenvalue weighted by Crippen LogP contribution is -2.57. The van der Waals surface area contributed by atoms with E-state index in [1.807, 2.05) is 0 Å². The molecule has 3 aromatic rings. The Kier molecular flexibility index (Phi) is 5.28. The van der Waals surface area contributed by atoms with E-state index in [1.54, 1.807) is 21.9 Å². The Morgan fingerprint density at radius 1 is 1.05 bits per heavy atom. The van der Waals surface area contributed by atoms with Crippen molar-refractivity contribution in [3.63, 3.8) is 0 Å². The van der Waals surface area contributed by atoms with Gasteiger partial charge >= 0.3 is 6.18 Å². The number of hydrogen-bond acceptors (Lipinski definition) is 9. The fourth-order valence-corrected chi connectivity index (χ4v) is 5.08. The number of nitrogens with zero attached hydrogens (tertiary/aromatic N) is 8. The molecule has 2 amide bonds. The maximum absolute atomic E-state index is 13.4. The zero-order valence-electron chi connectivity index (χ0n) is 19.7. The van der Waals surface area contributed by atoms with Crippen molar-refractivity contribution in [2.75, 3.05) is 43.4 Å². The Balaban J connectivity index is 1.16. The standard InChI is InChI=1S/C22H24F3N9O3/c23-22(24,25)21(5-6-21)17(36)32-10-8-31(9-11-32)16(35)13-3-1-7-33(13)19-28-18(26)34-20(29-19)27-15(30-34)14-4-2-12-37-14/h2,4,12-13H,1,3,5-11H2,(H2,26,27,28,29,30)/t13-/m0/s1. The number of nitrogen functional groups attached to an aromatic ring is 1. The van der Waals surface area contributed by atoms with Crippen LogP contribution in [0.15, 0.2) is 22.8 Å². The molecule has 1 saturated carbocycles. The summed E-state index contributed by atoms with van der Waals surface area (Å²) >= 11 is 0. The summed E-state index contributed by atoms with van der Waals surface area (Å²) < 4.78 is 46.7. The number of piperazine rings is 1. The van der Waals surface area contributed by atoms with Crippen LogP contribution in [0.2, 0.25) is 0 Å². The molecular weight excluding hydrogens is 495 g/mol. The van der Waals surface area contributed by atoms with Crippen molar-refractivity contribution >= 4 is 29.5 Å². The second-order valence-electron chi connectivity index (χ2n) is 9.56. The summed E-state index contributed by atoms with van der Waals surface area (Å²) in [5.74, 6) is 0.181. The number of furan rings is 1. The smallest absolute Gasteiger partial charge is 0.403 e. The number of nitrogens with two attached hydrogens (primary N) is 1. The SMILES string of the molecule is Nc1nc(N2CCC[C@H]2C(=O)N2CCN(C(=O)C3(C(F)(F)F)CC3)CC2)nc2nc(-c3ccco3)nn12. The van der Waals surface area contributed by atoms with Crippen LogP contribution in [0.25, 0.3) is 17.4 Å². The third-order valence-electron chi connectivity index (χ3n) is 7.34. The quantitative estimate of drug-likeness (QED) is 0.541. The van der Waals surface area contributed by atoms with Gasteiger partial charge in [-0.05, 0) is 37.8 Å². The highest BCUT2D eigenvalue weighted by Crippen LogP contribution is 2.58. The molecule has 0 bridgehead atoms. The minimum absolute atomic E-state index is 0.0502. The maximum Gasteiger partial charge on any atom is 0.403 e. The molecule has 0 unspecified atom stereocenters. The third kappa shape index (κ3) is 3.83. The number of hydrogen-bond donors (Lipinski definition) is 1. The second kappa shape index (κ2) is 8.31. The Morgan fingerprint density at radius 2 is 1.78 bits per heavy atom. The van der Waals surface area contributed by atoms with Gasteiger partial charge in [0, 0.05) is 32.7 Å². The first-order valence-corrected chi connectivity index (χ1v) is 12.0. The molecule has 6 rings (SSSR count). The molecule has 2 aliphatic heterocycles. The van der Waals surface area contributed by atoms with Crippen LogP contribution in [0.3, 0.4) is 0 Å². The maximum atomic E-state index is 13.4. The summed E-state index contributed by atoms with van der Waals surface area (Å²) in [6.45, 7) is 1.00. The van der Waals surface area contributed by atoms with Crippen LogP contribution in [0.1, 0.15) is 25.7 Å². The number of amides is 2. The van der Waals surface area contributed by atoms with Crippen molar-refractivity contribution < 1.29 is 27.2 Å². The van der Waals surface area contributed by atoms with Crippen LogP contribution in [0.4, 0.5) is 25.1 Å². The minimum atomic E-state index is -4.55. The minimum Gasteiger partial charge on any atom is -0.461 e. The van der Waals surface area contributed by atoms with Gasteiger partial charge in [0.2, 0.25) is 29.5 Å². The molecule has 12 nitrogen and oxygen atoms in total. The van der Waals surface area contributed by atoms with Crippen molar-refractivity contribution in [3.8, 4) is 11.6 Å². The van der Waals surface area contributed by atoms with Crippen LogP contribution >= 0.6 is 0 Å². The zero-order valence-corrected chi connectivity index (χ0v) is 19.7. The summed E-state index contributed by atoms with van der Waals surface area (Å²) in [5, 5.41) is 4.27. The number of alkyl halides is 3. The van der Waals surface area contributed by atoms with E-state index in [1.165, 1.54) is 15.7 Å². The molecule has 3 aliphatic rings. The summed E-state index contributed by atoms with van der Waals surface area (Å²) in [5.41, 5.74) is 3.87. The normalized spacial score (nSPS) is 21.6. The molecule has 0 spiro atoms. The first-order chi connectivity index (χ1) is 17.7. The topological polar surface area (TPSA) is 139 Å². The Hall–Kier alpha value is -3.91. The number of halogens is 3. The van der Waals surface area contributed by atoms with Crippen molar-refractivity contribution in [3.05, 3.63) is 18.4 Å². The van der Waals surface area contributed by atoms with Gasteiger partial charge in [0.05, 0.1) is 6.26 Å². The molecule has 15 heteroatoms. The summed E-state index contributed by atoms with van der Waals surface area (Å²) in [4.78, 5) is 43.7. The Labute approximate surface area is 208 Å². The van der Waals surface area contributed by atoms with E-state index in [-0.39, 0.29) is 62.6 Å². The number of anilines is 2. The van der Waals surface area contributed by atoms with E-state index in [0.717, 1.165) is 6.42 Å². The number of carbonyl (C=O) groups excluding carboxylic acids is 2. The van der Waals surface area contributed by atoms with Crippen LogP contribution in [0, 0.1) is 5.41 Å². The lowest BCUT2D eigenvalue weighted by Gasteiger charge is -2.38. The highest BCUT2D eigenvalue weighted by atomic mass is 19.4. The molecule has 0 radical (unpaired) electrons. The molecule has 2 saturated heterocycles. The van der Waals surface area contributed by atoms with Crippen molar-refractivity contribution in [2.24, 2.45) is 5.41 Å². The average Bonchev–Trinajstić information content (AvgIpc) is 3.24. The molecule has 1 atom stereocenters. The van der Waals surface area contributed by atoms with E-state index < -0.39 is 23.5 Å². The van der Waals surface area contributed by atoms with Gasteiger partial charge in [-0.3, -0.25) is 9.59 Å². The highest BCUT2D eigenvalue weighted by Gasteiger charge is 2.69. The molecule has 3 fully saturated rings. The molecule has 5 heterocycles. The van der Waals surface area contributed by atoms with Crippen molar-refractivity contribution in [2.45, 2.75) is 37.9 Å². The van der Waals surface area contributed by atoms with Gasteiger partial charge < -0.3 is 24.9 Å². The predicted octanol–water partition coefficient (Wildman–Crippen LogP) is 1.34. The van der Waals surface area contributed by atoms with E-state index in [0.29, 0.717) is 24.6 Å². The van der Waals surface area contributed by atoms with E-state index in [9.17, 15) is 22.8 Å². The molecular formula is C22H24F3N9O3. The van der Waals surface area contributed by atoms with Crippen LogP contribution in [-0.4, -0.2) is 91.1 Å². The fourth-order valence-electron chi connectivity index (χ4n) is 5.08. The van der Waals surface area contributed by atoms with E-state index in [2.05, 4.69) is 20.1 Å². The molecule has 196 valence electrons. The largest absolute Gasteiger partial charge is 0.461 e. The first kappa shape index (κ1) is 23.5. The number of carbonyl (C=O) groups is 2. The lowest BCUT2D eigenvalue weighted by atomic mass is 10.0. The molecule has 0 aromatic carbocycles. The average molecular weight is 519 g/mol. The number of rotatable bonds is 4. The van der Waals surface area contributed by atoms with Gasteiger partial charge in [-0.1, -0.05) is 0 Å². The molecule has 2 N–H and O–H groups in total. The number of fused-ring (bicyclic) bond motifs is 1. The van der Waals surface area contributed by atoms with Gasteiger partial charge in [0.25, 0.3) is 5.78 Å². The third-order valence-corrected chi connectivity index (χ3v) is 7.34. The van der Waals surface area contributed by atoms with Gasteiger partial charge in [0.1, 0.15) is 11.5 Å². The number of aromatic nitrogens is 5. The Morgan fingerprint density at radius 3 is 2.43 bits per heavy atom. The van der Waals surface area contributed by atoms with Gasteiger partial charge in [-0.25, -0.2) is 0 Å². The second-order valence-corrected chi connectivity index (χ2v) is 9.56. The van der Waals surface area contributed by atoms with Crippen LogP contribution < -0.4 is 10.6 Å². The van der Waals surface area contributed by atoms with E-state index in [4.69, 9.17) is 10.2 Å². The van der Waals surface area contributed by atoms with Gasteiger partial charge in [0.15, 0.2) is 5.76 Å². The zero-order chi connectivity index (χ0) is 25.9. The first-order valence-electron chi connectivity index (χ1n) is 12.0. The molecule has 37 heavy (non-hydrogen) atoms. The summed E-state index contributed by atoms with van der Waals surface area (Å²) in [7, 11) is 0. The van der Waals surface area contributed by atoms with Crippen molar-refractivity contribution in [1.82, 2.24) is 34.4 Å². The monoisotopic (exact) mass is 519 g/mol.